The van der Waals surface area contributed by atoms with Crippen LogP contribution in [-0.4, -0.2) is 56.4 Å². The first-order chi connectivity index (χ1) is 22.0. The molecule has 1 aromatic carbocycles. The summed E-state index contributed by atoms with van der Waals surface area (Å²) in [5.74, 6) is -0.998. The highest BCUT2D eigenvalue weighted by molar-refractivity contribution is 6.29. The zero-order valence-corrected chi connectivity index (χ0v) is 25.2. The third-order valence-corrected chi connectivity index (χ3v) is 5.89. The normalized spacial score (nSPS) is 12.5. The van der Waals surface area contributed by atoms with Crippen LogP contribution in [-0.2, 0) is 29.7 Å². The second kappa shape index (κ2) is 13.7. The molecule has 2 amide bonds. The lowest BCUT2D eigenvalue weighted by atomic mass is 10.1. The van der Waals surface area contributed by atoms with E-state index in [1.165, 1.54) is 30.3 Å². The number of aryl methyl sites for hydroxylation is 1. The monoisotopic (exact) mass is 629 g/mol. The molecule has 232 valence electrons. The van der Waals surface area contributed by atoms with E-state index in [0.29, 0.717) is 28.4 Å². The number of methoxy groups -OCH3 is 1. The molecule has 0 bridgehead atoms. The Morgan fingerprint density at radius 1 is 1.11 bits per heavy atom. The van der Waals surface area contributed by atoms with Crippen LogP contribution in [0.15, 0.2) is 42.9 Å². The van der Waals surface area contributed by atoms with E-state index in [2.05, 4.69) is 30.7 Å². The number of nitrogens with zero attached hydrogens (tertiary/aromatic N) is 5. The highest BCUT2D eigenvalue weighted by Gasteiger charge is 2.20. The Balaban J connectivity index is 1.63. The van der Waals surface area contributed by atoms with Gasteiger partial charge in [0.2, 0.25) is 0 Å². The molecule has 0 atom stereocenters. The topological polar surface area (TPSA) is 154 Å². The minimum absolute atomic E-state index is 0.0188. The standard InChI is InChI=1S/C29H32ClFN8O5/c1-29(2,3)44-28(41)37-24-10-17(31)9-18(35-24)14-43-13-16-7-19(26-34-15-39(5)38-26)25(42-6)22(8-16)36-21-11-23(30)33-12-20(21)27(40)32-4/h7-12,15H,13-14H2,1-6H3,(H,32,40)(H,33,36)(H,35,37,41)/i4D3. The van der Waals surface area contributed by atoms with Gasteiger partial charge in [-0.05, 0) is 50.6 Å². The summed E-state index contributed by atoms with van der Waals surface area (Å²) in [6.45, 7) is 2.19. The molecule has 0 aliphatic heterocycles. The predicted octanol–water partition coefficient (Wildman–Crippen LogP) is 5.24. The molecule has 3 heterocycles. The predicted molar refractivity (Wildman–Crippen MR) is 161 cm³/mol. The van der Waals surface area contributed by atoms with Gasteiger partial charge in [-0.1, -0.05) is 11.6 Å². The zero-order chi connectivity index (χ0) is 34.5. The van der Waals surface area contributed by atoms with Gasteiger partial charge in [0.05, 0.1) is 48.5 Å². The fraction of sp³-hybridized carbons (Fsp3) is 0.310. The SMILES string of the molecule is [2H]C([2H])([2H])NC(=O)c1cnc(Cl)cc1Nc1cc(COCc2cc(F)cc(NC(=O)OC(C)(C)C)n2)cc(-c2ncn(C)n2)c1OC. The van der Waals surface area contributed by atoms with E-state index in [-0.39, 0.29) is 41.1 Å². The van der Waals surface area contributed by atoms with Crippen LogP contribution >= 0.6 is 11.6 Å². The first-order valence-corrected chi connectivity index (χ1v) is 13.4. The summed E-state index contributed by atoms with van der Waals surface area (Å²) in [6, 6.07) is 6.98. The molecular formula is C29H32ClFN8O5. The summed E-state index contributed by atoms with van der Waals surface area (Å²) < 4.78 is 54.9. The molecular weight excluding hydrogens is 595 g/mol. The zero-order valence-electron chi connectivity index (χ0n) is 27.5. The average Bonchev–Trinajstić information content (AvgIpc) is 3.36. The lowest BCUT2D eigenvalue weighted by molar-refractivity contribution is 0.0634. The summed E-state index contributed by atoms with van der Waals surface area (Å²) in [5, 5.41) is 11.8. The molecule has 0 aliphatic rings. The van der Waals surface area contributed by atoms with Crippen LogP contribution in [0.1, 0.15) is 46.5 Å². The Bertz CT molecular complexity index is 1780. The van der Waals surface area contributed by atoms with E-state index < -0.39 is 30.4 Å². The van der Waals surface area contributed by atoms with Crippen molar-refractivity contribution in [1.29, 1.82) is 0 Å². The summed E-state index contributed by atoms with van der Waals surface area (Å²) >= 11 is 6.13. The Labute approximate surface area is 262 Å². The maximum atomic E-state index is 14.4. The van der Waals surface area contributed by atoms with Crippen LogP contribution in [0.25, 0.3) is 11.4 Å². The molecule has 15 heteroatoms. The molecule has 13 nitrogen and oxygen atoms in total. The van der Waals surface area contributed by atoms with Crippen molar-refractivity contribution >= 4 is 40.8 Å². The Morgan fingerprint density at radius 3 is 2.59 bits per heavy atom. The number of hydrogen-bond acceptors (Lipinski definition) is 10. The fourth-order valence-corrected chi connectivity index (χ4v) is 4.17. The number of nitrogens with one attached hydrogen (secondary N) is 3. The van der Waals surface area contributed by atoms with Crippen LogP contribution in [0.2, 0.25) is 5.15 Å². The minimum Gasteiger partial charge on any atom is -0.494 e. The number of rotatable bonds is 10. The summed E-state index contributed by atoms with van der Waals surface area (Å²) in [4.78, 5) is 37.4. The van der Waals surface area contributed by atoms with E-state index in [4.69, 9.17) is 29.9 Å². The maximum absolute atomic E-state index is 14.4. The van der Waals surface area contributed by atoms with E-state index in [9.17, 15) is 14.0 Å². The van der Waals surface area contributed by atoms with Crippen LogP contribution in [0.5, 0.6) is 5.75 Å². The van der Waals surface area contributed by atoms with Gasteiger partial charge in [0.25, 0.3) is 5.91 Å². The van der Waals surface area contributed by atoms with Crippen molar-refractivity contribution in [3.05, 3.63) is 70.6 Å². The van der Waals surface area contributed by atoms with Gasteiger partial charge in [0, 0.05) is 30.4 Å². The van der Waals surface area contributed by atoms with Crippen molar-refractivity contribution in [2.45, 2.75) is 39.6 Å². The molecule has 4 aromatic rings. The van der Waals surface area contributed by atoms with Gasteiger partial charge in [-0.15, -0.1) is 0 Å². The second-order valence-electron chi connectivity index (χ2n) is 10.4. The summed E-state index contributed by atoms with van der Waals surface area (Å²) in [7, 11) is 3.13. The van der Waals surface area contributed by atoms with Gasteiger partial charge in [0.1, 0.15) is 28.7 Å². The van der Waals surface area contributed by atoms with Crippen molar-refractivity contribution in [3.63, 3.8) is 0 Å². The number of carbonyl (C=O) groups is 2. The van der Waals surface area contributed by atoms with Crippen molar-refractivity contribution in [2.75, 3.05) is 24.7 Å². The lowest BCUT2D eigenvalue weighted by Gasteiger charge is -2.19. The van der Waals surface area contributed by atoms with Gasteiger partial charge in [-0.2, -0.15) is 5.10 Å². The fourth-order valence-electron chi connectivity index (χ4n) is 4.01. The van der Waals surface area contributed by atoms with E-state index in [0.717, 1.165) is 12.3 Å². The average molecular weight is 630 g/mol. The third-order valence-electron chi connectivity index (χ3n) is 5.68. The smallest absolute Gasteiger partial charge is 0.413 e. The van der Waals surface area contributed by atoms with Crippen LogP contribution in [0, 0.1) is 5.82 Å². The quantitative estimate of drug-likeness (QED) is 0.198. The maximum Gasteiger partial charge on any atom is 0.413 e. The number of anilines is 3. The molecule has 3 N–H and O–H groups in total. The highest BCUT2D eigenvalue weighted by Crippen LogP contribution is 2.39. The van der Waals surface area contributed by atoms with E-state index >= 15 is 0 Å². The van der Waals surface area contributed by atoms with Gasteiger partial charge >= 0.3 is 6.09 Å². The van der Waals surface area contributed by atoms with Gasteiger partial charge in [-0.25, -0.2) is 24.1 Å². The molecule has 4 rings (SSSR count). The molecule has 0 fully saturated rings. The number of amides is 2. The van der Waals surface area contributed by atoms with Crippen LogP contribution in [0.4, 0.5) is 26.4 Å². The molecule has 0 spiro atoms. The molecule has 0 unspecified atom stereocenters. The molecule has 0 radical (unpaired) electrons. The second-order valence-corrected chi connectivity index (χ2v) is 10.8. The number of aromatic nitrogens is 5. The molecule has 0 saturated carbocycles. The van der Waals surface area contributed by atoms with E-state index in [1.807, 2.05) is 5.32 Å². The Hall–Kier alpha value is -4.82. The molecule has 0 aliphatic carbocycles. The summed E-state index contributed by atoms with van der Waals surface area (Å²) in [5.41, 5.74) is 0.844. The summed E-state index contributed by atoms with van der Waals surface area (Å²) in [6.07, 6.45) is 1.86. The van der Waals surface area contributed by atoms with Crippen molar-refractivity contribution < 1.29 is 32.3 Å². The number of pyridine rings is 2. The number of benzene rings is 1. The van der Waals surface area contributed by atoms with Crippen molar-refractivity contribution in [3.8, 4) is 17.1 Å². The van der Waals surface area contributed by atoms with Gasteiger partial charge < -0.3 is 24.8 Å². The largest absolute Gasteiger partial charge is 0.494 e. The number of hydrogen-bond donors (Lipinski definition) is 3. The minimum atomic E-state index is -2.75. The number of ether oxygens (including phenoxy) is 3. The highest BCUT2D eigenvalue weighted by atomic mass is 35.5. The molecule has 3 aromatic heterocycles. The van der Waals surface area contributed by atoms with E-state index in [1.54, 1.807) is 40.0 Å². The van der Waals surface area contributed by atoms with Crippen LogP contribution < -0.4 is 20.7 Å². The van der Waals surface area contributed by atoms with Crippen molar-refractivity contribution in [2.24, 2.45) is 7.05 Å². The Kier molecular flexibility index (Phi) is 8.68. The molecule has 0 saturated heterocycles. The number of halogens is 2. The van der Waals surface area contributed by atoms with Gasteiger partial charge in [0.15, 0.2) is 11.6 Å². The first kappa shape index (κ1) is 28.0. The lowest BCUT2D eigenvalue weighted by Crippen LogP contribution is -2.27. The number of carbonyl (C=O) groups excluding carboxylic acids is 2. The third kappa shape index (κ3) is 8.39. The van der Waals surface area contributed by atoms with Crippen LogP contribution in [0.3, 0.4) is 0 Å². The van der Waals surface area contributed by atoms with Crippen molar-refractivity contribution in [1.82, 2.24) is 30.0 Å². The molecule has 44 heavy (non-hydrogen) atoms. The van der Waals surface area contributed by atoms with Gasteiger partial charge in [-0.3, -0.25) is 14.8 Å². The Morgan fingerprint density at radius 2 is 1.91 bits per heavy atom. The first-order valence-electron chi connectivity index (χ1n) is 14.6.